The molecular weight excluding hydrogens is 268 g/mol. The first-order chi connectivity index (χ1) is 10.1. The molecule has 21 heavy (non-hydrogen) atoms. The Hall–Kier alpha value is -1.40. The van der Waals surface area contributed by atoms with Crippen molar-refractivity contribution in [2.24, 2.45) is 0 Å². The second-order valence-electron chi connectivity index (χ2n) is 5.76. The van der Waals surface area contributed by atoms with E-state index < -0.39 is 0 Å². The molecular formula is C15H26N4O2. The third-order valence-electron chi connectivity index (χ3n) is 3.77. The fraction of sp³-hybridized carbons (Fsp3) is 0.733. The highest BCUT2D eigenvalue weighted by atomic mass is 16.5. The number of carbonyl (C=O) groups excluding carboxylic acids is 1. The summed E-state index contributed by atoms with van der Waals surface area (Å²) in [6.45, 7) is 9.37. The molecule has 6 nitrogen and oxygen atoms in total. The van der Waals surface area contributed by atoms with Gasteiger partial charge in [-0.15, -0.1) is 0 Å². The standard InChI is InChI=1S/C15H26N4O2/c1-4-14-11-18(5-6-21-14)15(20)8-16-13(3)10-19-9-12(2)7-17-19/h7,9,13-14,16H,4-6,8,10-11H2,1-3H3/t13-,14-/m1/s1. The maximum atomic E-state index is 12.2. The molecule has 0 saturated carbocycles. The van der Waals surface area contributed by atoms with Crippen LogP contribution in [0.2, 0.25) is 0 Å². The first-order valence-corrected chi connectivity index (χ1v) is 7.70. The Kier molecular flexibility index (Phi) is 5.76. The van der Waals surface area contributed by atoms with Gasteiger partial charge < -0.3 is 15.0 Å². The van der Waals surface area contributed by atoms with Gasteiger partial charge in [-0.05, 0) is 25.8 Å². The lowest BCUT2D eigenvalue weighted by Gasteiger charge is -2.32. The van der Waals surface area contributed by atoms with Gasteiger partial charge in [0.1, 0.15) is 0 Å². The quantitative estimate of drug-likeness (QED) is 0.843. The van der Waals surface area contributed by atoms with E-state index in [-0.39, 0.29) is 18.1 Å². The summed E-state index contributed by atoms with van der Waals surface area (Å²) >= 11 is 0. The van der Waals surface area contributed by atoms with Crippen LogP contribution in [0, 0.1) is 6.92 Å². The van der Waals surface area contributed by atoms with Crippen molar-refractivity contribution < 1.29 is 9.53 Å². The third kappa shape index (κ3) is 4.82. The van der Waals surface area contributed by atoms with Crippen LogP contribution in [0.5, 0.6) is 0 Å². The zero-order valence-corrected chi connectivity index (χ0v) is 13.2. The molecule has 1 aromatic heterocycles. The molecule has 0 unspecified atom stereocenters. The minimum Gasteiger partial charge on any atom is -0.375 e. The highest BCUT2D eigenvalue weighted by molar-refractivity contribution is 5.78. The van der Waals surface area contributed by atoms with Gasteiger partial charge >= 0.3 is 0 Å². The summed E-state index contributed by atoms with van der Waals surface area (Å²) in [4.78, 5) is 14.1. The van der Waals surface area contributed by atoms with Gasteiger partial charge in [0.2, 0.25) is 5.91 Å². The predicted molar refractivity (Wildman–Crippen MR) is 81.0 cm³/mol. The molecule has 0 spiro atoms. The van der Waals surface area contributed by atoms with Crippen LogP contribution in [0.3, 0.4) is 0 Å². The second-order valence-corrected chi connectivity index (χ2v) is 5.76. The molecule has 2 heterocycles. The summed E-state index contributed by atoms with van der Waals surface area (Å²) in [6.07, 6.45) is 4.99. The number of rotatable bonds is 6. The van der Waals surface area contributed by atoms with Gasteiger partial charge in [-0.1, -0.05) is 6.92 Å². The van der Waals surface area contributed by atoms with E-state index in [1.807, 2.05) is 28.9 Å². The summed E-state index contributed by atoms with van der Waals surface area (Å²) in [7, 11) is 0. The number of aryl methyl sites for hydroxylation is 1. The van der Waals surface area contributed by atoms with Crippen molar-refractivity contribution >= 4 is 5.91 Å². The smallest absolute Gasteiger partial charge is 0.236 e. The van der Waals surface area contributed by atoms with E-state index in [0.717, 1.165) is 18.5 Å². The maximum Gasteiger partial charge on any atom is 0.236 e. The average molecular weight is 294 g/mol. The van der Waals surface area contributed by atoms with Crippen LogP contribution >= 0.6 is 0 Å². The Bertz CT molecular complexity index is 460. The van der Waals surface area contributed by atoms with Crippen molar-refractivity contribution in [2.75, 3.05) is 26.2 Å². The lowest BCUT2D eigenvalue weighted by atomic mass is 10.2. The van der Waals surface area contributed by atoms with Crippen molar-refractivity contribution in [1.82, 2.24) is 20.0 Å². The van der Waals surface area contributed by atoms with Gasteiger partial charge in [0.05, 0.1) is 32.0 Å². The molecule has 118 valence electrons. The van der Waals surface area contributed by atoms with E-state index in [0.29, 0.717) is 26.2 Å². The molecule has 1 aromatic rings. The van der Waals surface area contributed by atoms with Crippen LogP contribution in [0.15, 0.2) is 12.4 Å². The molecule has 1 fully saturated rings. The van der Waals surface area contributed by atoms with E-state index in [1.165, 1.54) is 0 Å². The Morgan fingerprint density at radius 2 is 2.43 bits per heavy atom. The highest BCUT2D eigenvalue weighted by Gasteiger charge is 2.22. The van der Waals surface area contributed by atoms with E-state index in [2.05, 4.69) is 24.3 Å². The molecule has 2 rings (SSSR count). The molecule has 1 saturated heterocycles. The van der Waals surface area contributed by atoms with Gasteiger partial charge in [0.25, 0.3) is 0 Å². The Morgan fingerprint density at radius 3 is 3.10 bits per heavy atom. The lowest BCUT2D eigenvalue weighted by molar-refractivity contribution is -0.138. The van der Waals surface area contributed by atoms with Crippen molar-refractivity contribution in [3.8, 4) is 0 Å². The van der Waals surface area contributed by atoms with Crippen molar-refractivity contribution in [3.05, 3.63) is 18.0 Å². The first kappa shape index (κ1) is 16.0. The number of aromatic nitrogens is 2. The maximum absolute atomic E-state index is 12.2. The number of ether oxygens (including phenoxy) is 1. The van der Waals surface area contributed by atoms with Crippen molar-refractivity contribution in [3.63, 3.8) is 0 Å². The Labute approximate surface area is 126 Å². The third-order valence-corrected chi connectivity index (χ3v) is 3.77. The number of hydrogen-bond donors (Lipinski definition) is 1. The molecule has 0 bridgehead atoms. The largest absolute Gasteiger partial charge is 0.375 e. The number of hydrogen-bond acceptors (Lipinski definition) is 4. The van der Waals surface area contributed by atoms with Crippen LogP contribution in [0.25, 0.3) is 0 Å². The minimum atomic E-state index is 0.153. The van der Waals surface area contributed by atoms with Gasteiger partial charge in [0, 0.05) is 25.3 Å². The average Bonchev–Trinajstić information content (AvgIpc) is 2.90. The number of carbonyl (C=O) groups is 1. The zero-order chi connectivity index (χ0) is 15.2. The zero-order valence-electron chi connectivity index (χ0n) is 13.2. The van der Waals surface area contributed by atoms with Gasteiger partial charge in [0.15, 0.2) is 0 Å². The summed E-state index contributed by atoms with van der Waals surface area (Å²) in [5.74, 6) is 0.153. The van der Waals surface area contributed by atoms with E-state index in [4.69, 9.17) is 4.74 Å². The molecule has 1 aliphatic heterocycles. The minimum absolute atomic E-state index is 0.153. The fourth-order valence-electron chi connectivity index (χ4n) is 2.48. The molecule has 1 aliphatic rings. The monoisotopic (exact) mass is 294 g/mol. The topological polar surface area (TPSA) is 59.4 Å². The number of nitrogens with zero attached hydrogens (tertiary/aromatic N) is 3. The van der Waals surface area contributed by atoms with Crippen LogP contribution in [0.1, 0.15) is 25.8 Å². The second kappa shape index (κ2) is 7.56. The normalized spacial score (nSPS) is 20.5. The molecule has 0 aliphatic carbocycles. The summed E-state index contributed by atoms with van der Waals surface area (Å²) in [5.41, 5.74) is 1.15. The number of amides is 1. The lowest BCUT2D eigenvalue weighted by Crippen LogP contribution is -2.49. The van der Waals surface area contributed by atoms with Gasteiger partial charge in [-0.25, -0.2) is 0 Å². The predicted octanol–water partition coefficient (Wildman–Crippen LogP) is 0.807. The molecule has 1 N–H and O–H groups in total. The van der Waals surface area contributed by atoms with Crippen molar-refractivity contribution in [2.45, 2.75) is 45.9 Å². The Balaban J connectivity index is 1.72. The number of morpholine rings is 1. The summed E-state index contributed by atoms with van der Waals surface area (Å²) < 4.78 is 7.49. The molecule has 0 radical (unpaired) electrons. The highest BCUT2D eigenvalue weighted by Crippen LogP contribution is 2.08. The first-order valence-electron chi connectivity index (χ1n) is 7.70. The van der Waals surface area contributed by atoms with Crippen LogP contribution in [0.4, 0.5) is 0 Å². The SMILES string of the molecule is CC[C@@H]1CN(C(=O)CN[C@H](C)Cn2cc(C)cn2)CCO1. The molecule has 2 atom stereocenters. The molecule has 1 amide bonds. The van der Waals surface area contributed by atoms with E-state index in [1.54, 1.807) is 0 Å². The summed E-state index contributed by atoms with van der Waals surface area (Å²) in [5, 5.41) is 7.54. The van der Waals surface area contributed by atoms with E-state index >= 15 is 0 Å². The molecule has 6 heteroatoms. The van der Waals surface area contributed by atoms with Gasteiger partial charge in [-0.3, -0.25) is 9.48 Å². The van der Waals surface area contributed by atoms with E-state index in [9.17, 15) is 4.79 Å². The van der Waals surface area contributed by atoms with Crippen LogP contribution in [-0.4, -0.2) is 59.0 Å². The fourth-order valence-corrected chi connectivity index (χ4v) is 2.48. The van der Waals surface area contributed by atoms with Crippen LogP contribution < -0.4 is 5.32 Å². The van der Waals surface area contributed by atoms with Gasteiger partial charge in [-0.2, -0.15) is 5.10 Å². The summed E-state index contributed by atoms with van der Waals surface area (Å²) in [6, 6.07) is 0.205. The van der Waals surface area contributed by atoms with Crippen molar-refractivity contribution in [1.29, 1.82) is 0 Å². The Morgan fingerprint density at radius 1 is 1.62 bits per heavy atom. The number of nitrogens with one attached hydrogen (secondary N) is 1. The molecule has 0 aromatic carbocycles. The van der Waals surface area contributed by atoms with Crippen LogP contribution in [-0.2, 0) is 16.1 Å².